The first-order valence-corrected chi connectivity index (χ1v) is 11.9. The van der Waals surface area contributed by atoms with Crippen LogP contribution in [-0.4, -0.2) is 46.7 Å². The van der Waals surface area contributed by atoms with Crippen LogP contribution in [-0.2, 0) is 24.8 Å². The van der Waals surface area contributed by atoms with Crippen LogP contribution in [0.5, 0.6) is 0 Å². The van der Waals surface area contributed by atoms with Crippen molar-refractivity contribution in [1.29, 1.82) is 0 Å². The number of amides is 1. The van der Waals surface area contributed by atoms with Gasteiger partial charge in [0.1, 0.15) is 0 Å². The number of carbonyl (C=O) groups excluding carboxylic acids is 1. The van der Waals surface area contributed by atoms with Crippen LogP contribution in [0.4, 0.5) is 5.69 Å². The molecule has 2 rings (SSSR count). The van der Waals surface area contributed by atoms with Crippen LogP contribution in [0.1, 0.15) is 20.3 Å². The normalized spacial score (nSPS) is 12.3. The molecule has 10 heteroatoms. The zero-order chi connectivity index (χ0) is 21.7. The Morgan fingerprint density at radius 2 is 1.52 bits per heavy atom. The van der Waals surface area contributed by atoms with Gasteiger partial charge in [0.05, 0.1) is 9.79 Å². The number of anilines is 1. The Kier molecular flexibility index (Phi) is 7.53. The zero-order valence-corrected chi connectivity index (χ0v) is 18.1. The molecule has 0 aromatic heterocycles. The standard InChI is InChI=1S/C19H25N3O5S2/c1-15(2)22(3)29(26,27)18-11-9-16(10-12-18)21-19(23)13-14-20-28(24,25)17-7-5-4-6-8-17/h4-12,15,20H,13-14H2,1-3H3,(H,21,23). The Morgan fingerprint density at radius 1 is 0.931 bits per heavy atom. The van der Waals surface area contributed by atoms with Gasteiger partial charge in [-0.25, -0.2) is 21.6 Å². The van der Waals surface area contributed by atoms with E-state index in [2.05, 4.69) is 10.0 Å². The SMILES string of the molecule is CC(C)N(C)S(=O)(=O)c1ccc(NC(=O)CCNS(=O)(=O)c2ccccc2)cc1. The summed E-state index contributed by atoms with van der Waals surface area (Å²) in [6.07, 6.45) is -0.0673. The van der Waals surface area contributed by atoms with Gasteiger partial charge in [0.15, 0.2) is 0 Å². The lowest BCUT2D eigenvalue weighted by molar-refractivity contribution is -0.116. The van der Waals surface area contributed by atoms with E-state index >= 15 is 0 Å². The number of nitrogens with one attached hydrogen (secondary N) is 2. The highest BCUT2D eigenvalue weighted by atomic mass is 32.2. The van der Waals surface area contributed by atoms with E-state index in [4.69, 9.17) is 0 Å². The van der Waals surface area contributed by atoms with Gasteiger partial charge in [0, 0.05) is 31.7 Å². The third-order valence-electron chi connectivity index (χ3n) is 4.24. The van der Waals surface area contributed by atoms with Crippen LogP contribution in [0, 0.1) is 0 Å². The minimum Gasteiger partial charge on any atom is -0.326 e. The van der Waals surface area contributed by atoms with Crippen LogP contribution in [0.3, 0.4) is 0 Å². The predicted molar refractivity (Wildman–Crippen MR) is 111 cm³/mol. The second-order valence-electron chi connectivity index (χ2n) is 6.65. The molecule has 0 atom stereocenters. The van der Waals surface area contributed by atoms with Crippen LogP contribution in [0.2, 0.25) is 0 Å². The second-order valence-corrected chi connectivity index (χ2v) is 10.4. The largest absolute Gasteiger partial charge is 0.326 e. The van der Waals surface area contributed by atoms with E-state index < -0.39 is 26.0 Å². The van der Waals surface area contributed by atoms with Crippen molar-refractivity contribution < 1.29 is 21.6 Å². The highest BCUT2D eigenvalue weighted by Crippen LogP contribution is 2.19. The number of hydrogen-bond donors (Lipinski definition) is 2. The summed E-state index contributed by atoms with van der Waals surface area (Å²) in [6.45, 7) is 3.49. The van der Waals surface area contributed by atoms with Crippen LogP contribution in [0.25, 0.3) is 0 Å². The average Bonchev–Trinajstić information content (AvgIpc) is 2.68. The van der Waals surface area contributed by atoms with Crippen molar-refractivity contribution in [1.82, 2.24) is 9.03 Å². The molecule has 0 radical (unpaired) electrons. The maximum absolute atomic E-state index is 12.4. The van der Waals surface area contributed by atoms with Gasteiger partial charge < -0.3 is 5.32 Å². The molecule has 0 heterocycles. The maximum Gasteiger partial charge on any atom is 0.243 e. The minimum absolute atomic E-state index is 0.0608. The molecule has 0 spiro atoms. The predicted octanol–water partition coefficient (Wildman–Crippen LogP) is 2.02. The van der Waals surface area contributed by atoms with E-state index in [1.54, 1.807) is 32.0 Å². The minimum atomic E-state index is -3.67. The summed E-state index contributed by atoms with van der Waals surface area (Å²) in [7, 11) is -5.76. The molecule has 158 valence electrons. The van der Waals surface area contributed by atoms with Gasteiger partial charge in [-0.1, -0.05) is 18.2 Å². The smallest absolute Gasteiger partial charge is 0.243 e. The van der Waals surface area contributed by atoms with Crippen molar-refractivity contribution in [3.8, 4) is 0 Å². The molecule has 0 aliphatic rings. The first-order chi connectivity index (χ1) is 13.5. The summed E-state index contributed by atoms with van der Waals surface area (Å²) in [5.41, 5.74) is 0.423. The summed E-state index contributed by atoms with van der Waals surface area (Å²) < 4.78 is 52.7. The highest BCUT2D eigenvalue weighted by molar-refractivity contribution is 7.89. The van der Waals surface area contributed by atoms with Crippen LogP contribution < -0.4 is 10.0 Å². The third kappa shape index (κ3) is 6.10. The van der Waals surface area contributed by atoms with E-state index in [0.29, 0.717) is 5.69 Å². The van der Waals surface area contributed by atoms with E-state index in [9.17, 15) is 21.6 Å². The molecule has 0 fully saturated rings. The number of carbonyl (C=O) groups is 1. The first-order valence-electron chi connectivity index (χ1n) is 8.97. The maximum atomic E-state index is 12.4. The van der Waals surface area contributed by atoms with Crippen LogP contribution >= 0.6 is 0 Å². The molecule has 0 unspecified atom stereocenters. The molecule has 29 heavy (non-hydrogen) atoms. The van der Waals surface area contributed by atoms with Crippen molar-refractivity contribution in [3.05, 3.63) is 54.6 Å². The molecule has 2 N–H and O–H groups in total. The summed E-state index contributed by atoms with van der Waals surface area (Å²) in [5, 5.41) is 2.62. The Balaban J connectivity index is 1.91. The van der Waals surface area contributed by atoms with Gasteiger partial charge in [-0.05, 0) is 50.2 Å². The average molecular weight is 440 g/mol. The fourth-order valence-corrected chi connectivity index (χ4v) is 4.78. The lowest BCUT2D eigenvalue weighted by Gasteiger charge is -2.21. The van der Waals surface area contributed by atoms with Gasteiger partial charge in [-0.2, -0.15) is 4.31 Å². The number of rotatable bonds is 9. The number of nitrogens with zero attached hydrogens (tertiary/aromatic N) is 1. The molecule has 8 nitrogen and oxygen atoms in total. The van der Waals surface area contributed by atoms with Crippen molar-refractivity contribution in [2.75, 3.05) is 18.9 Å². The Morgan fingerprint density at radius 3 is 2.07 bits per heavy atom. The van der Waals surface area contributed by atoms with Crippen molar-refractivity contribution in [2.45, 2.75) is 36.1 Å². The third-order valence-corrected chi connectivity index (χ3v) is 7.76. The van der Waals surface area contributed by atoms with E-state index in [1.807, 2.05) is 0 Å². The van der Waals surface area contributed by atoms with Crippen molar-refractivity contribution in [3.63, 3.8) is 0 Å². The summed E-state index contributed by atoms with van der Waals surface area (Å²) in [5.74, 6) is -0.393. The highest BCUT2D eigenvalue weighted by Gasteiger charge is 2.22. The number of benzene rings is 2. The molecule has 0 aliphatic carbocycles. The molecule has 2 aromatic carbocycles. The monoisotopic (exact) mass is 439 g/mol. The zero-order valence-electron chi connectivity index (χ0n) is 16.5. The molecular weight excluding hydrogens is 414 g/mol. The van der Waals surface area contributed by atoms with Crippen LogP contribution in [0.15, 0.2) is 64.4 Å². The van der Waals surface area contributed by atoms with Crippen molar-refractivity contribution >= 4 is 31.6 Å². The van der Waals surface area contributed by atoms with Gasteiger partial charge in [0.25, 0.3) is 0 Å². The van der Waals surface area contributed by atoms with Crippen molar-refractivity contribution in [2.24, 2.45) is 0 Å². The molecule has 1 amide bonds. The number of sulfonamides is 2. The van der Waals surface area contributed by atoms with E-state index in [0.717, 1.165) is 0 Å². The van der Waals surface area contributed by atoms with Gasteiger partial charge in [-0.15, -0.1) is 0 Å². The number of hydrogen-bond acceptors (Lipinski definition) is 5. The fraction of sp³-hybridized carbons (Fsp3) is 0.316. The molecule has 0 saturated carbocycles. The Labute approximate surface area is 172 Å². The van der Waals surface area contributed by atoms with E-state index in [-0.39, 0.29) is 28.8 Å². The molecule has 2 aromatic rings. The van der Waals surface area contributed by atoms with Gasteiger partial charge >= 0.3 is 0 Å². The summed E-state index contributed by atoms with van der Waals surface area (Å²) in [6, 6.07) is 13.5. The molecular formula is C19H25N3O5S2. The lowest BCUT2D eigenvalue weighted by atomic mass is 10.3. The lowest BCUT2D eigenvalue weighted by Crippen LogP contribution is -2.33. The Hall–Kier alpha value is -2.27. The van der Waals surface area contributed by atoms with E-state index in [1.165, 1.54) is 47.8 Å². The summed E-state index contributed by atoms with van der Waals surface area (Å²) in [4.78, 5) is 12.3. The quantitative estimate of drug-likeness (QED) is 0.621. The second kappa shape index (κ2) is 9.49. The topological polar surface area (TPSA) is 113 Å². The summed E-state index contributed by atoms with van der Waals surface area (Å²) >= 11 is 0. The fourth-order valence-electron chi connectivity index (χ4n) is 2.36. The molecule has 0 aliphatic heterocycles. The van der Waals surface area contributed by atoms with Gasteiger partial charge in [0.2, 0.25) is 26.0 Å². The first kappa shape index (κ1) is 23.0. The Bertz CT molecular complexity index is 1040. The van der Waals surface area contributed by atoms with Gasteiger partial charge in [-0.3, -0.25) is 4.79 Å². The molecule has 0 saturated heterocycles. The molecule has 0 bridgehead atoms.